The second-order valence-corrected chi connectivity index (χ2v) is 4.81. The van der Waals surface area contributed by atoms with Crippen molar-refractivity contribution in [2.45, 2.75) is 25.9 Å². The summed E-state index contributed by atoms with van der Waals surface area (Å²) < 4.78 is 5.29. The molecule has 4 nitrogen and oxygen atoms in total. The third kappa shape index (κ3) is 3.99. The van der Waals surface area contributed by atoms with Crippen LogP contribution in [-0.2, 0) is 11.3 Å². The van der Waals surface area contributed by atoms with E-state index in [4.69, 9.17) is 10.00 Å². The molecule has 1 fully saturated rings. The molecule has 0 spiro atoms. The maximum absolute atomic E-state index is 12.0. The molecular formula is C15H18N2O2. The first-order valence-corrected chi connectivity index (χ1v) is 6.65. The van der Waals surface area contributed by atoms with E-state index in [0.717, 1.165) is 24.8 Å². The average molecular weight is 258 g/mol. The maximum Gasteiger partial charge on any atom is 0.410 e. The summed E-state index contributed by atoms with van der Waals surface area (Å²) in [5.41, 5.74) is 0.975. The van der Waals surface area contributed by atoms with Crippen molar-refractivity contribution in [2.24, 2.45) is 5.92 Å². The van der Waals surface area contributed by atoms with Crippen LogP contribution in [0.25, 0.3) is 0 Å². The Hall–Kier alpha value is -2.02. The monoisotopic (exact) mass is 258 g/mol. The van der Waals surface area contributed by atoms with Gasteiger partial charge in [-0.25, -0.2) is 4.79 Å². The predicted octanol–water partition coefficient (Wildman–Crippen LogP) is 2.95. The zero-order valence-electron chi connectivity index (χ0n) is 10.9. The standard InChI is InChI=1S/C15H18N2O2/c16-10-14-8-4-5-9-17(11-14)15(18)19-12-13-6-2-1-3-7-13/h1-3,6-7,14H,4-5,8-9,11-12H2. The van der Waals surface area contributed by atoms with Gasteiger partial charge in [0.15, 0.2) is 0 Å². The van der Waals surface area contributed by atoms with Gasteiger partial charge in [0, 0.05) is 13.1 Å². The Morgan fingerprint density at radius 1 is 1.37 bits per heavy atom. The van der Waals surface area contributed by atoms with Gasteiger partial charge in [-0.15, -0.1) is 0 Å². The number of benzene rings is 1. The fourth-order valence-electron chi connectivity index (χ4n) is 2.22. The molecule has 1 aromatic rings. The van der Waals surface area contributed by atoms with Crippen molar-refractivity contribution in [3.8, 4) is 6.07 Å². The van der Waals surface area contributed by atoms with Crippen molar-refractivity contribution < 1.29 is 9.53 Å². The predicted molar refractivity (Wildman–Crippen MR) is 71.2 cm³/mol. The van der Waals surface area contributed by atoms with Crippen LogP contribution in [0, 0.1) is 17.2 Å². The SMILES string of the molecule is N#CC1CCCCN(C(=O)OCc2ccccc2)C1. The number of nitrogens with zero attached hydrogens (tertiary/aromatic N) is 2. The molecule has 1 aliphatic rings. The maximum atomic E-state index is 12.0. The highest BCUT2D eigenvalue weighted by Crippen LogP contribution is 2.16. The van der Waals surface area contributed by atoms with Gasteiger partial charge in [0.1, 0.15) is 6.61 Å². The van der Waals surface area contributed by atoms with Crippen LogP contribution in [0.2, 0.25) is 0 Å². The highest BCUT2D eigenvalue weighted by molar-refractivity contribution is 5.67. The molecule has 1 aliphatic heterocycles. The van der Waals surface area contributed by atoms with Gasteiger partial charge in [0.2, 0.25) is 0 Å². The molecule has 0 aromatic heterocycles. The zero-order chi connectivity index (χ0) is 13.5. The summed E-state index contributed by atoms with van der Waals surface area (Å²) in [6.45, 7) is 1.46. The van der Waals surface area contributed by atoms with Crippen LogP contribution in [-0.4, -0.2) is 24.1 Å². The molecule has 1 amide bonds. The van der Waals surface area contributed by atoms with Crippen molar-refractivity contribution in [1.82, 2.24) is 4.90 Å². The van der Waals surface area contributed by atoms with Crippen molar-refractivity contribution in [1.29, 1.82) is 5.26 Å². The number of hydrogen-bond acceptors (Lipinski definition) is 3. The summed E-state index contributed by atoms with van der Waals surface area (Å²) in [7, 11) is 0. The molecule has 2 rings (SSSR count). The normalized spacial score (nSPS) is 19.3. The summed E-state index contributed by atoms with van der Waals surface area (Å²) in [6, 6.07) is 11.9. The lowest BCUT2D eigenvalue weighted by Crippen LogP contribution is -2.34. The van der Waals surface area contributed by atoms with Crippen molar-refractivity contribution >= 4 is 6.09 Å². The minimum absolute atomic E-state index is 0.0632. The van der Waals surface area contributed by atoms with E-state index in [2.05, 4.69) is 6.07 Å². The van der Waals surface area contributed by atoms with Gasteiger partial charge in [0.05, 0.1) is 12.0 Å². The third-order valence-electron chi connectivity index (χ3n) is 3.32. The van der Waals surface area contributed by atoms with E-state index in [1.54, 1.807) is 4.90 Å². The van der Waals surface area contributed by atoms with Crippen molar-refractivity contribution in [2.75, 3.05) is 13.1 Å². The molecule has 0 radical (unpaired) electrons. The molecule has 19 heavy (non-hydrogen) atoms. The van der Waals surface area contributed by atoms with Gasteiger partial charge in [-0.3, -0.25) is 0 Å². The molecule has 1 atom stereocenters. The molecule has 0 saturated carbocycles. The molecule has 4 heteroatoms. The molecule has 1 saturated heterocycles. The van der Waals surface area contributed by atoms with E-state index in [-0.39, 0.29) is 18.6 Å². The van der Waals surface area contributed by atoms with E-state index in [9.17, 15) is 4.79 Å². The van der Waals surface area contributed by atoms with Crippen LogP contribution >= 0.6 is 0 Å². The van der Waals surface area contributed by atoms with E-state index < -0.39 is 0 Å². The minimum Gasteiger partial charge on any atom is -0.445 e. The van der Waals surface area contributed by atoms with Gasteiger partial charge in [0.25, 0.3) is 0 Å². The van der Waals surface area contributed by atoms with E-state index in [0.29, 0.717) is 13.1 Å². The van der Waals surface area contributed by atoms with Gasteiger partial charge in [-0.2, -0.15) is 5.26 Å². The Bertz CT molecular complexity index is 453. The van der Waals surface area contributed by atoms with Gasteiger partial charge in [-0.05, 0) is 18.4 Å². The molecule has 0 N–H and O–H groups in total. The van der Waals surface area contributed by atoms with Gasteiger partial charge < -0.3 is 9.64 Å². The fourth-order valence-corrected chi connectivity index (χ4v) is 2.22. The number of carbonyl (C=O) groups is 1. The van der Waals surface area contributed by atoms with Crippen molar-refractivity contribution in [3.05, 3.63) is 35.9 Å². The molecule has 1 unspecified atom stereocenters. The largest absolute Gasteiger partial charge is 0.445 e. The van der Waals surface area contributed by atoms with Crippen LogP contribution < -0.4 is 0 Å². The Balaban J connectivity index is 1.87. The van der Waals surface area contributed by atoms with Crippen molar-refractivity contribution in [3.63, 3.8) is 0 Å². The lowest BCUT2D eigenvalue weighted by molar-refractivity contribution is 0.0952. The number of ether oxygens (including phenoxy) is 1. The minimum atomic E-state index is -0.314. The Morgan fingerprint density at radius 3 is 2.89 bits per heavy atom. The van der Waals surface area contributed by atoms with Crippen LogP contribution in [0.4, 0.5) is 4.79 Å². The summed E-state index contributed by atoms with van der Waals surface area (Å²) in [5, 5.41) is 8.99. The number of amides is 1. The highest BCUT2D eigenvalue weighted by atomic mass is 16.6. The van der Waals surface area contributed by atoms with Crippen LogP contribution in [0.5, 0.6) is 0 Å². The molecule has 100 valence electrons. The van der Waals surface area contributed by atoms with Crippen LogP contribution in [0.1, 0.15) is 24.8 Å². The third-order valence-corrected chi connectivity index (χ3v) is 3.32. The molecular weight excluding hydrogens is 240 g/mol. The molecule has 1 heterocycles. The highest BCUT2D eigenvalue weighted by Gasteiger charge is 2.22. The van der Waals surface area contributed by atoms with Gasteiger partial charge in [-0.1, -0.05) is 36.8 Å². The topological polar surface area (TPSA) is 53.3 Å². The summed E-state index contributed by atoms with van der Waals surface area (Å²) in [5.74, 6) is -0.0632. The summed E-state index contributed by atoms with van der Waals surface area (Å²) in [6.07, 6.45) is 2.50. The Labute approximate surface area is 113 Å². The Kier molecular flexibility index (Phi) is 4.79. The first-order chi connectivity index (χ1) is 9.29. The lowest BCUT2D eigenvalue weighted by atomic mass is 10.1. The Morgan fingerprint density at radius 2 is 2.16 bits per heavy atom. The molecule has 1 aromatic carbocycles. The molecule has 0 aliphatic carbocycles. The quantitative estimate of drug-likeness (QED) is 0.819. The zero-order valence-corrected chi connectivity index (χ0v) is 10.9. The lowest BCUT2D eigenvalue weighted by Gasteiger charge is -2.21. The fraction of sp³-hybridized carbons (Fsp3) is 0.467. The van der Waals surface area contributed by atoms with Gasteiger partial charge >= 0.3 is 6.09 Å². The second kappa shape index (κ2) is 6.79. The molecule has 0 bridgehead atoms. The van der Waals surface area contributed by atoms with E-state index in [1.165, 1.54) is 0 Å². The number of nitriles is 1. The van der Waals surface area contributed by atoms with Crippen LogP contribution in [0.15, 0.2) is 30.3 Å². The average Bonchev–Trinajstić information content (AvgIpc) is 2.71. The number of carbonyl (C=O) groups excluding carboxylic acids is 1. The van der Waals surface area contributed by atoms with Crippen LogP contribution in [0.3, 0.4) is 0 Å². The number of hydrogen-bond donors (Lipinski definition) is 0. The second-order valence-electron chi connectivity index (χ2n) is 4.81. The first kappa shape index (κ1) is 13.4. The summed E-state index contributed by atoms with van der Waals surface area (Å²) >= 11 is 0. The summed E-state index contributed by atoms with van der Waals surface area (Å²) in [4.78, 5) is 13.6. The van der Waals surface area contributed by atoms with E-state index >= 15 is 0 Å². The number of likely N-dealkylation sites (tertiary alicyclic amines) is 1. The number of rotatable bonds is 2. The first-order valence-electron chi connectivity index (χ1n) is 6.65. The van der Waals surface area contributed by atoms with E-state index in [1.807, 2.05) is 30.3 Å². The smallest absolute Gasteiger partial charge is 0.410 e.